The minimum atomic E-state index is -0.220. The highest BCUT2D eigenvalue weighted by molar-refractivity contribution is 9.10. The summed E-state index contributed by atoms with van der Waals surface area (Å²) in [5.74, 6) is -0.0273. The minimum Gasteiger partial charge on any atom is -0.292 e. The lowest BCUT2D eigenvalue weighted by Gasteiger charge is -2.24. The van der Waals surface area contributed by atoms with Crippen LogP contribution in [0.2, 0.25) is 0 Å². The van der Waals surface area contributed by atoms with Crippen LogP contribution in [0.25, 0.3) is 5.57 Å². The molecule has 1 nitrogen and oxygen atoms in total. The van der Waals surface area contributed by atoms with Crippen molar-refractivity contribution in [2.75, 3.05) is 0 Å². The lowest BCUT2D eigenvalue weighted by molar-refractivity contribution is -0.114. The zero-order valence-electron chi connectivity index (χ0n) is 6.63. The molecule has 0 fully saturated rings. The zero-order chi connectivity index (χ0) is 9.42. The van der Waals surface area contributed by atoms with Crippen molar-refractivity contribution in [2.45, 2.75) is 4.83 Å². The van der Waals surface area contributed by atoms with Crippen LogP contribution in [0, 0.1) is 0 Å². The third-order valence-electron chi connectivity index (χ3n) is 2.02. The zero-order valence-corrected chi connectivity index (χ0v) is 8.97. The van der Waals surface area contributed by atoms with Crippen LogP contribution >= 0.6 is 27.5 Å². The van der Waals surface area contributed by atoms with Crippen LogP contribution < -0.4 is 0 Å². The lowest BCUT2D eigenvalue weighted by Crippen LogP contribution is -2.27. The molecule has 0 bridgehead atoms. The highest BCUT2D eigenvalue weighted by Crippen LogP contribution is 2.40. The Morgan fingerprint density at radius 3 is 2.38 bits per heavy atom. The topological polar surface area (TPSA) is 17.1 Å². The summed E-state index contributed by atoms with van der Waals surface area (Å²) in [5.41, 5.74) is 1.90. The third-order valence-corrected chi connectivity index (χ3v) is 3.28. The molecule has 0 heterocycles. The predicted octanol–water partition coefficient (Wildman–Crippen LogP) is 2.98. The average Bonchev–Trinajstić information content (AvgIpc) is 2.19. The van der Waals surface area contributed by atoms with E-state index in [-0.39, 0.29) is 10.6 Å². The van der Waals surface area contributed by atoms with Crippen molar-refractivity contribution in [1.82, 2.24) is 0 Å². The monoisotopic (exact) mass is 256 g/mol. The Kier molecular flexibility index (Phi) is 2.26. The SMILES string of the molecule is O=C1C(Cl)=C(c2ccccc2)C1Br. The third kappa shape index (κ3) is 1.34. The first-order valence-electron chi connectivity index (χ1n) is 3.85. The quantitative estimate of drug-likeness (QED) is 0.707. The van der Waals surface area contributed by atoms with Gasteiger partial charge in [0.25, 0.3) is 0 Å². The van der Waals surface area contributed by atoms with Crippen LogP contribution in [-0.4, -0.2) is 10.6 Å². The molecule has 2 rings (SSSR count). The summed E-state index contributed by atoms with van der Waals surface area (Å²) < 4.78 is 0. The molecule has 66 valence electrons. The van der Waals surface area contributed by atoms with E-state index in [1.165, 1.54) is 0 Å². The Morgan fingerprint density at radius 1 is 1.23 bits per heavy atom. The molecule has 0 amide bonds. The second-order valence-electron chi connectivity index (χ2n) is 2.82. The van der Waals surface area contributed by atoms with E-state index in [9.17, 15) is 4.79 Å². The minimum absolute atomic E-state index is 0.0273. The Labute approximate surface area is 89.5 Å². The smallest absolute Gasteiger partial charge is 0.192 e. The number of halogens is 2. The second kappa shape index (κ2) is 3.28. The number of hydrogen-bond donors (Lipinski definition) is 0. The molecule has 1 unspecified atom stereocenters. The molecule has 0 spiro atoms. The molecule has 0 radical (unpaired) electrons. The van der Waals surface area contributed by atoms with Crippen molar-refractivity contribution in [2.24, 2.45) is 0 Å². The summed E-state index contributed by atoms with van der Waals surface area (Å²) in [6.45, 7) is 0. The normalized spacial score (nSPS) is 21.7. The number of Topliss-reactive ketones (excluding diaryl/α,β-unsaturated/α-hetero) is 1. The van der Waals surface area contributed by atoms with E-state index < -0.39 is 0 Å². The number of alkyl halides is 1. The fourth-order valence-corrected chi connectivity index (χ4v) is 2.61. The Hall–Kier alpha value is -0.600. The van der Waals surface area contributed by atoms with Gasteiger partial charge in [-0.3, -0.25) is 4.79 Å². The maximum Gasteiger partial charge on any atom is 0.192 e. The van der Waals surface area contributed by atoms with E-state index in [2.05, 4.69) is 15.9 Å². The van der Waals surface area contributed by atoms with Crippen LogP contribution in [0.3, 0.4) is 0 Å². The standard InChI is InChI=1S/C10H6BrClO/c11-8-7(9(12)10(8)13)6-4-2-1-3-5-6/h1-5,8H. The van der Waals surface area contributed by atoms with Gasteiger partial charge < -0.3 is 0 Å². The van der Waals surface area contributed by atoms with Gasteiger partial charge in [0.1, 0.15) is 4.83 Å². The van der Waals surface area contributed by atoms with Gasteiger partial charge in [0.05, 0.1) is 5.03 Å². The number of benzene rings is 1. The van der Waals surface area contributed by atoms with E-state index in [0.29, 0.717) is 5.03 Å². The summed E-state index contributed by atoms with van der Waals surface area (Å²) in [6, 6.07) is 9.67. The van der Waals surface area contributed by atoms with E-state index >= 15 is 0 Å². The van der Waals surface area contributed by atoms with Gasteiger partial charge in [0.2, 0.25) is 0 Å². The Morgan fingerprint density at radius 2 is 1.85 bits per heavy atom. The van der Waals surface area contributed by atoms with Gasteiger partial charge in [-0.2, -0.15) is 0 Å². The van der Waals surface area contributed by atoms with Crippen LogP contribution in [0.15, 0.2) is 35.4 Å². The number of hydrogen-bond acceptors (Lipinski definition) is 1. The number of allylic oxidation sites excluding steroid dienone is 2. The van der Waals surface area contributed by atoms with Gasteiger partial charge in [-0.1, -0.05) is 57.9 Å². The molecular formula is C10H6BrClO. The van der Waals surface area contributed by atoms with E-state index in [4.69, 9.17) is 11.6 Å². The van der Waals surface area contributed by atoms with Crippen LogP contribution in [0.5, 0.6) is 0 Å². The molecule has 13 heavy (non-hydrogen) atoms. The fourth-order valence-electron chi connectivity index (χ4n) is 1.30. The van der Waals surface area contributed by atoms with Crippen molar-refractivity contribution in [1.29, 1.82) is 0 Å². The molecule has 0 aromatic heterocycles. The van der Waals surface area contributed by atoms with Crippen molar-refractivity contribution in [3.63, 3.8) is 0 Å². The van der Waals surface area contributed by atoms with Gasteiger partial charge in [0, 0.05) is 5.57 Å². The van der Waals surface area contributed by atoms with Crippen LogP contribution in [0.4, 0.5) is 0 Å². The number of rotatable bonds is 1. The van der Waals surface area contributed by atoms with Crippen LogP contribution in [-0.2, 0) is 4.79 Å². The van der Waals surface area contributed by atoms with E-state index in [1.54, 1.807) is 0 Å². The molecule has 1 aromatic carbocycles. The van der Waals surface area contributed by atoms with Gasteiger partial charge in [0.15, 0.2) is 5.78 Å². The van der Waals surface area contributed by atoms with Crippen molar-refractivity contribution < 1.29 is 4.79 Å². The summed E-state index contributed by atoms with van der Waals surface area (Å²) in [7, 11) is 0. The maximum atomic E-state index is 11.1. The molecule has 1 aliphatic rings. The number of ketones is 1. The summed E-state index contributed by atoms with van der Waals surface area (Å²) >= 11 is 9.07. The summed E-state index contributed by atoms with van der Waals surface area (Å²) in [6.07, 6.45) is 0. The fraction of sp³-hybridized carbons (Fsp3) is 0.100. The van der Waals surface area contributed by atoms with Gasteiger partial charge in [-0.25, -0.2) is 0 Å². The highest BCUT2D eigenvalue weighted by atomic mass is 79.9. The first-order valence-corrected chi connectivity index (χ1v) is 5.14. The molecule has 1 aliphatic carbocycles. The molecule has 0 N–H and O–H groups in total. The molecular weight excluding hydrogens is 251 g/mol. The first-order chi connectivity index (χ1) is 6.22. The van der Waals surface area contributed by atoms with Gasteiger partial charge in [-0.15, -0.1) is 0 Å². The van der Waals surface area contributed by atoms with Gasteiger partial charge >= 0.3 is 0 Å². The second-order valence-corrected chi connectivity index (χ2v) is 4.11. The largest absolute Gasteiger partial charge is 0.292 e. The molecule has 3 heteroatoms. The van der Waals surface area contributed by atoms with Gasteiger partial charge in [-0.05, 0) is 5.56 Å². The number of carbonyl (C=O) groups is 1. The first kappa shape index (κ1) is 8.97. The maximum absolute atomic E-state index is 11.1. The average molecular weight is 258 g/mol. The predicted molar refractivity (Wildman–Crippen MR) is 56.9 cm³/mol. The molecule has 0 aliphatic heterocycles. The van der Waals surface area contributed by atoms with Crippen LogP contribution in [0.1, 0.15) is 5.56 Å². The van der Waals surface area contributed by atoms with Crippen molar-refractivity contribution in [3.05, 3.63) is 40.9 Å². The molecule has 0 saturated heterocycles. The number of carbonyl (C=O) groups excluding carboxylic acids is 1. The highest BCUT2D eigenvalue weighted by Gasteiger charge is 2.36. The molecule has 0 saturated carbocycles. The summed E-state index contributed by atoms with van der Waals surface area (Å²) in [5, 5.41) is 0.355. The van der Waals surface area contributed by atoms with E-state index in [0.717, 1.165) is 11.1 Å². The molecule has 1 aromatic rings. The summed E-state index contributed by atoms with van der Waals surface area (Å²) in [4.78, 5) is 10.9. The molecule has 1 atom stereocenters. The lowest BCUT2D eigenvalue weighted by atomic mass is 9.90. The van der Waals surface area contributed by atoms with E-state index in [1.807, 2.05) is 30.3 Å². The van der Waals surface area contributed by atoms with Crippen molar-refractivity contribution in [3.8, 4) is 0 Å². The Bertz CT molecular complexity index is 383. The Balaban J connectivity index is 2.45. The van der Waals surface area contributed by atoms with Crippen molar-refractivity contribution >= 4 is 38.9 Å².